The van der Waals surface area contributed by atoms with Crippen LogP contribution in [0.5, 0.6) is 0 Å². The van der Waals surface area contributed by atoms with Gasteiger partial charge in [0, 0.05) is 12.7 Å². The number of amides is 1. The molecule has 0 bridgehead atoms. The van der Waals surface area contributed by atoms with Crippen LogP contribution in [0.3, 0.4) is 0 Å². The van der Waals surface area contributed by atoms with E-state index in [1.54, 1.807) is 25.7 Å². The first kappa shape index (κ1) is 29.1. The number of carbonyl (C=O) groups is 1. The van der Waals surface area contributed by atoms with Crippen LogP contribution >= 0.6 is 0 Å². The second kappa shape index (κ2) is 13.1. The van der Waals surface area contributed by atoms with Crippen LogP contribution in [0, 0.1) is 5.82 Å². The van der Waals surface area contributed by atoms with Crippen molar-refractivity contribution in [1.29, 1.82) is 0 Å². The van der Waals surface area contributed by atoms with Gasteiger partial charge in [0.25, 0.3) is 0 Å². The van der Waals surface area contributed by atoms with Crippen LogP contribution in [0.15, 0.2) is 41.5 Å². The molecule has 0 radical (unpaired) electrons. The van der Waals surface area contributed by atoms with Gasteiger partial charge in [-0.2, -0.15) is 18.2 Å². The fourth-order valence-electron chi connectivity index (χ4n) is 2.69. The highest BCUT2D eigenvalue weighted by molar-refractivity contribution is 5.68. The Morgan fingerprint density at radius 2 is 1.79 bits per heavy atom. The SMILES string of the molecule is CC.CC(C)(C)OC(=O)N1CCC(OCc2ccc(C(F)(F)F)cc2)C1.O=c1ncc(F)c[nH]1. The molecule has 7 nitrogen and oxygen atoms in total. The van der Waals surface area contributed by atoms with Gasteiger partial charge >= 0.3 is 18.0 Å². The second-order valence-electron chi connectivity index (χ2n) is 8.08. The van der Waals surface area contributed by atoms with Crippen LogP contribution in [-0.2, 0) is 22.3 Å². The lowest BCUT2D eigenvalue weighted by Gasteiger charge is -2.24. The molecule has 0 spiro atoms. The number of halogens is 4. The molecule has 34 heavy (non-hydrogen) atoms. The van der Waals surface area contributed by atoms with Crippen LogP contribution in [-0.4, -0.2) is 45.8 Å². The van der Waals surface area contributed by atoms with E-state index < -0.39 is 28.8 Å². The first-order chi connectivity index (χ1) is 15.8. The molecular formula is C23H31F4N3O4. The third kappa shape index (κ3) is 10.8. The Bertz CT molecular complexity index is 920. The van der Waals surface area contributed by atoms with Gasteiger partial charge in [0.15, 0.2) is 5.82 Å². The molecule has 3 rings (SSSR count). The van der Waals surface area contributed by atoms with Crippen molar-refractivity contribution in [3.8, 4) is 0 Å². The standard InChI is InChI=1S/C17H22F3NO3.C4H3FN2O.C2H6/c1-16(2,3)24-15(22)21-9-8-14(10-21)23-11-12-4-6-13(7-5-12)17(18,19)20;5-3-1-6-4(8)7-2-3;1-2/h4-7,14H,8-11H2,1-3H3;1-2H,(H,6,7,8);1-2H3. The van der Waals surface area contributed by atoms with E-state index in [1.165, 1.54) is 12.1 Å². The van der Waals surface area contributed by atoms with Gasteiger partial charge in [0.2, 0.25) is 0 Å². The predicted octanol–water partition coefficient (Wildman–Crippen LogP) is 5.17. The van der Waals surface area contributed by atoms with Crippen molar-refractivity contribution in [1.82, 2.24) is 14.9 Å². The van der Waals surface area contributed by atoms with Crippen molar-refractivity contribution in [2.45, 2.75) is 65.5 Å². The number of carbonyl (C=O) groups excluding carboxylic acids is 1. The molecular weight excluding hydrogens is 458 g/mol. The highest BCUT2D eigenvalue weighted by Crippen LogP contribution is 2.29. The fraction of sp³-hybridized carbons (Fsp3) is 0.522. The Morgan fingerprint density at radius 1 is 1.18 bits per heavy atom. The molecule has 0 saturated carbocycles. The normalized spacial score (nSPS) is 15.6. The van der Waals surface area contributed by atoms with Gasteiger partial charge in [-0.25, -0.2) is 14.0 Å². The number of rotatable bonds is 3. The van der Waals surface area contributed by atoms with Gasteiger partial charge < -0.3 is 19.4 Å². The minimum absolute atomic E-state index is 0.139. The number of nitrogens with zero attached hydrogens (tertiary/aromatic N) is 2. The molecule has 2 aromatic rings. The van der Waals surface area contributed by atoms with Gasteiger partial charge in [0.1, 0.15) is 5.60 Å². The average Bonchev–Trinajstić information content (AvgIpc) is 3.24. The number of likely N-dealkylation sites (tertiary alicyclic amines) is 1. The summed E-state index contributed by atoms with van der Waals surface area (Å²) in [6.45, 7) is 10.6. The lowest BCUT2D eigenvalue weighted by atomic mass is 10.1. The summed E-state index contributed by atoms with van der Waals surface area (Å²) < 4.78 is 60.4. The Labute approximate surface area is 196 Å². The van der Waals surface area contributed by atoms with Crippen molar-refractivity contribution in [2.75, 3.05) is 13.1 Å². The van der Waals surface area contributed by atoms with Crippen LogP contribution in [0.2, 0.25) is 0 Å². The molecule has 1 N–H and O–H groups in total. The summed E-state index contributed by atoms with van der Waals surface area (Å²) in [4.78, 5) is 28.8. The first-order valence-electron chi connectivity index (χ1n) is 10.8. The second-order valence-corrected chi connectivity index (χ2v) is 8.08. The molecule has 2 heterocycles. The summed E-state index contributed by atoms with van der Waals surface area (Å²) in [7, 11) is 0. The Kier molecular flexibility index (Phi) is 11.2. The first-order valence-corrected chi connectivity index (χ1v) is 10.8. The maximum absolute atomic E-state index is 12.5. The van der Waals surface area contributed by atoms with Gasteiger partial charge in [0.05, 0.1) is 31.0 Å². The summed E-state index contributed by atoms with van der Waals surface area (Å²) in [6, 6.07) is 4.90. The fourth-order valence-corrected chi connectivity index (χ4v) is 2.69. The van der Waals surface area contributed by atoms with Crippen molar-refractivity contribution in [3.63, 3.8) is 0 Å². The summed E-state index contributed by atoms with van der Waals surface area (Å²) in [5, 5.41) is 0. The molecule has 190 valence electrons. The number of aromatic amines is 1. The van der Waals surface area contributed by atoms with Crippen molar-refractivity contribution >= 4 is 6.09 Å². The van der Waals surface area contributed by atoms with Gasteiger partial charge in [-0.15, -0.1) is 0 Å². The molecule has 1 aliphatic rings. The van der Waals surface area contributed by atoms with Gasteiger partial charge in [-0.05, 0) is 44.9 Å². The van der Waals surface area contributed by atoms with E-state index in [0.29, 0.717) is 25.1 Å². The Morgan fingerprint density at radius 3 is 2.26 bits per heavy atom. The zero-order chi connectivity index (χ0) is 25.9. The van der Waals surface area contributed by atoms with E-state index in [2.05, 4.69) is 9.97 Å². The Balaban J connectivity index is 0.000000483. The number of hydrogen-bond acceptors (Lipinski definition) is 5. The van der Waals surface area contributed by atoms with Crippen molar-refractivity contribution in [2.24, 2.45) is 0 Å². The number of nitrogens with one attached hydrogen (secondary N) is 1. The average molecular weight is 490 g/mol. The third-order valence-electron chi connectivity index (χ3n) is 4.20. The van der Waals surface area contributed by atoms with E-state index in [0.717, 1.165) is 24.5 Å². The van der Waals surface area contributed by atoms with Crippen LogP contribution in [0.4, 0.5) is 22.4 Å². The van der Waals surface area contributed by atoms with Crippen LogP contribution in [0.25, 0.3) is 0 Å². The van der Waals surface area contributed by atoms with Crippen molar-refractivity contribution in [3.05, 3.63) is 64.1 Å². The molecule has 11 heteroatoms. The van der Waals surface area contributed by atoms with E-state index in [1.807, 2.05) is 13.8 Å². The molecule has 1 aromatic carbocycles. The lowest BCUT2D eigenvalue weighted by Crippen LogP contribution is -2.36. The van der Waals surface area contributed by atoms with Gasteiger partial charge in [-0.3, -0.25) is 0 Å². The van der Waals surface area contributed by atoms with Gasteiger partial charge in [-0.1, -0.05) is 26.0 Å². The molecule has 1 fully saturated rings. The quantitative estimate of drug-likeness (QED) is 0.602. The lowest BCUT2D eigenvalue weighted by molar-refractivity contribution is -0.137. The number of hydrogen-bond donors (Lipinski definition) is 1. The number of alkyl halides is 3. The highest BCUT2D eigenvalue weighted by Gasteiger charge is 2.31. The van der Waals surface area contributed by atoms with E-state index in [4.69, 9.17) is 9.47 Å². The molecule has 1 aromatic heterocycles. The van der Waals surface area contributed by atoms with E-state index in [9.17, 15) is 27.2 Å². The molecule has 0 aliphatic carbocycles. The summed E-state index contributed by atoms with van der Waals surface area (Å²) in [6.07, 6.45) is -2.35. The van der Waals surface area contributed by atoms with E-state index >= 15 is 0 Å². The molecule has 1 atom stereocenters. The maximum Gasteiger partial charge on any atom is 0.416 e. The highest BCUT2D eigenvalue weighted by atomic mass is 19.4. The topological polar surface area (TPSA) is 84.5 Å². The zero-order valence-corrected chi connectivity index (χ0v) is 19.9. The summed E-state index contributed by atoms with van der Waals surface area (Å²) in [5.74, 6) is -0.537. The number of H-pyrrole nitrogens is 1. The molecule has 1 unspecified atom stereocenters. The third-order valence-corrected chi connectivity index (χ3v) is 4.20. The largest absolute Gasteiger partial charge is 0.444 e. The molecule has 1 aliphatic heterocycles. The summed E-state index contributed by atoms with van der Waals surface area (Å²) >= 11 is 0. The maximum atomic E-state index is 12.5. The van der Waals surface area contributed by atoms with E-state index in [-0.39, 0.29) is 18.8 Å². The zero-order valence-electron chi connectivity index (χ0n) is 19.9. The van der Waals surface area contributed by atoms with Crippen molar-refractivity contribution < 1.29 is 31.8 Å². The van der Waals surface area contributed by atoms with Crippen LogP contribution < -0.4 is 5.69 Å². The number of benzene rings is 1. The minimum atomic E-state index is -4.33. The number of aromatic nitrogens is 2. The Hall–Kier alpha value is -2.95. The monoisotopic (exact) mass is 489 g/mol. The predicted molar refractivity (Wildman–Crippen MR) is 119 cm³/mol. The molecule has 1 saturated heterocycles. The van der Waals surface area contributed by atoms with Crippen LogP contribution in [0.1, 0.15) is 52.2 Å². The molecule has 1 amide bonds. The number of ether oxygens (including phenoxy) is 2. The smallest absolute Gasteiger partial charge is 0.416 e. The minimum Gasteiger partial charge on any atom is -0.444 e. The summed E-state index contributed by atoms with van der Waals surface area (Å²) in [5.41, 5.74) is -1.09.